The number of aromatic nitrogens is 1. The average Bonchev–Trinajstić information content (AvgIpc) is 2.79. The number of rotatable bonds is 2. The Morgan fingerprint density at radius 2 is 2.32 bits per heavy atom. The lowest BCUT2D eigenvalue weighted by molar-refractivity contribution is 0.345. The lowest BCUT2D eigenvalue weighted by Crippen LogP contribution is -2.43. The third kappa shape index (κ3) is 1.75. The summed E-state index contributed by atoms with van der Waals surface area (Å²) in [4.78, 5) is 3.66. The van der Waals surface area contributed by atoms with Crippen molar-refractivity contribution in [3.63, 3.8) is 0 Å². The lowest BCUT2D eigenvalue weighted by Gasteiger charge is -2.37. The van der Waals surface area contributed by atoms with Gasteiger partial charge in [0, 0.05) is 34.3 Å². The maximum Gasteiger partial charge on any atom is 0.0462 e. The van der Waals surface area contributed by atoms with Gasteiger partial charge in [0.1, 0.15) is 0 Å². The van der Waals surface area contributed by atoms with Crippen LogP contribution in [-0.2, 0) is 12.2 Å². The van der Waals surface area contributed by atoms with Crippen molar-refractivity contribution in [2.75, 3.05) is 12.8 Å². The molecule has 19 heavy (non-hydrogen) atoms. The van der Waals surface area contributed by atoms with Gasteiger partial charge in [0.2, 0.25) is 0 Å². The quantitative estimate of drug-likeness (QED) is 0.876. The standard InChI is InChI=1S/C16H20N2S/c1-19-9-15-12-8-14-10(5-3-7-17-14)11-4-2-6-13(18-15)16(11)12/h2,4,6,10,14,17-18H,3,5,7-9H2,1H3/t10?,14-/m1/s1. The van der Waals surface area contributed by atoms with Crippen LogP contribution in [0, 0.1) is 0 Å². The van der Waals surface area contributed by atoms with Gasteiger partial charge in [-0.2, -0.15) is 11.8 Å². The van der Waals surface area contributed by atoms with Crippen molar-refractivity contribution in [3.05, 3.63) is 35.0 Å². The number of piperidine rings is 1. The van der Waals surface area contributed by atoms with Crippen molar-refractivity contribution < 1.29 is 0 Å². The summed E-state index contributed by atoms with van der Waals surface area (Å²) in [5.41, 5.74) is 5.96. The van der Waals surface area contributed by atoms with Crippen LogP contribution in [-0.4, -0.2) is 23.8 Å². The molecule has 2 heterocycles. The Labute approximate surface area is 118 Å². The molecule has 3 heteroatoms. The molecule has 1 aromatic heterocycles. The van der Waals surface area contributed by atoms with Crippen LogP contribution >= 0.6 is 11.8 Å². The summed E-state index contributed by atoms with van der Waals surface area (Å²) in [6.45, 7) is 1.19. The van der Waals surface area contributed by atoms with E-state index in [2.05, 4.69) is 34.8 Å². The number of nitrogens with one attached hydrogen (secondary N) is 2. The van der Waals surface area contributed by atoms with Crippen LogP contribution in [0.3, 0.4) is 0 Å². The topological polar surface area (TPSA) is 27.8 Å². The highest BCUT2D eigenvalue weighted by atomic mass is 32.2. The molecule has 2 nitrogen and oxygen atoms in total. The maximum absolute atomic E-state index is 3.74. The van der Waals surface area contributed by atoms with Gasteiger partial charge >= 0.3 is 0 Å². The second-order valence-electron chi connectivity index (χ2n) is 5.80. The Kier molecular flexibility index (Phi) is 2.85. The summed E-state index contributed by atoms with van der Waals surface area (Å²) in [6.07, 6.45) is 6.05. The van der Waals surface area contributed by atoms with Gasteiger partial charge in [-0.05, 0) is 49.3 Å². The number of H-pyrrole nitrogens is 1. The number of hydrogen-bond acceptors (Lipinski definition) is 2. The molecule has 2 aromatic rings. The fourth-order valence-corrected chi connectivity index (χ4v) is 4.50. The first kappa shape index (κ1) is 11.9. The van der Waals surface area contributed by atoms with Crippen LogP contribution in [0.1, 0.15) is 35.6 Å². The van der Waals surface area contributed by atoms with E-state index in [0.717, 1.165) is 11.7 Å². The van der Waals surface area contributed by atoms with E-state index in [-0.39, 0.29) is 0 Å². The highest BCUT2D eigenvalue weighted by Crippen LogP contribution is 2.42. The number of thioether (sulfide) groups is 1. The summed E-state index contributed by atoms with van der Waals surface area (Å²) in [6, 6.07) is 7.47. The minimum absolute atomic E-state index is 0.656. The van der Waals surface area contributed by atoms with Gasteiger partial charge in [-0.3, -0.25) is 0 Å². The third-order valence-corrected chi connectivity index (χ3v) is 5.32. The van der Waals surface area contributed by atoms with Crippen molar-refractivity contribution >= 4 is 22.7 Å². The molecule has 2 N–H and O–H groups in total. The van der Waals surface area contributed by atoms with E-state index in [1.807, 2.05) is 11.8 Å². The number of aromatic amines is 1. The Hall–Kier alpha value is -0.930. The first-order valence-electron chi connectivity index (χ1n) is 7.23. The summed E-state index contributed by atoms with van der Waals surface area (Å²) in [5.74, 6) is 1.82. The Balaban J connectivity index is 1.92. The maximum atomic E-state index is 3.74. The highest BCUT2D eigenvalue weighted by Gasteiger charge is 2.34. The Bertz CT molecular complexity index is 616. The highest BCUT2D eigenvalue weighted by molar-refractivity contribution is 7.97. The van der Waals surface area contributed by atoms with E-state index in [1.54, 1.807) is 11.1 Å². The first-order valence-corrected chi connectivity index (χ1v) is 8.62. The summed E-state index contributed by atoms with van der Waals surface area (Å²) in [5, 5.41) is 5.28. The van der Waals surface area contributed by atoms with Crippen molar-refractivity contribution in [3.8, 4) is 0 Å². The van der Waals surface area contributed by atoms with Gasteiger partial charge in [0.15, 0.2) is 0 Å². The smallest absolute Gasteiger partial charge is 0.0462 e. The van der Waals surface area contributed by atoms with Gasteiger partial charge in [-0.25, -0.2) is 0 Å². The van der Waals surface area contributed by atoms with Crippen molar-refractivity contribution in [2.24, 2.45) is 0 Å². The van der Waals surface area contributed by atoms with E-state index in [0.29, 0.717) is 6.04 Å². The van der Waals surface area contributed by atoms with Crippen molar-refractivity contribution in [2.45, 2.75) is 37.0 Å². The summed E-state index contributed by atoms with van der Waals surface area (Å²) in [7, 11) is 0. The molecular formula is C16H20N2S. The minimum Gasteiger partial charge on any atom is -0.357 e. The molecule has 1 aromatic carbocycles. The Morgan fingerprint density at radius 3 is 3.21 bits per heavy atom. The van der Waals surface area contributed by atoms with Crippen molar-refractivity contribution in [1.82, 2.24) is 10.3 Å². The van der Waals surface area contributed by atoms with E-state index in [1.165, 1.54) is 42.4 Å². The second kappa shape index (κ2) is 4.57. The van der Waals surface area contributed by atoms with Crippen LogP contribution in [0.5, 0.6) is 0 Å². The zero-order chi connectivity index (χ0) is 12.8. The van der Waals surface area contributed by atoms with Crippen LogP contribution in [0.15, 0.2) is 18.2 Å². The van der Waals surface area contributed by atoms with Gasteiger partial charge in [0.05, 0.1) is 0 Å². The fraction of sp³-hybridized carbons (Fsp3) is 0.500. The predicted molar refractivity (Wildman–Crippen MR) is 83.0 cm³/mol. The molecule has 0 saturated carbocycles. The molecule has 4 rings (SSSR count). The normalized spacial score (nSPS) is 25.5. The average molecular weight is 272 g/mol. The number of fused-ring (bicyclic) bond motifs is 2. The number of benzene rings is 1. The van der Waals surface area contributed by atoms with Crippen LogP contribution in [0.4, 0.5) is 0 Å². The van der Waals surface area contributed by atoms with Crippen LogP contribution in [0.2, 0.25) is 0 Å². The van der Waals surface area contributed by atoms with Crippen LogP contribution < -0.4 is 5.32 Å². The van der Waals surface area contributed by atoms with Crippen LogP contribution in [0.25, 0.3) is 10.9 Å². The minimum atomic E-state index is 0.656. The molecule has 0 bridgehead atoms. The molecule has 1 aliphatic heterocycles. The molecule has 2 atom stereocenters. The van der Waals surface area contributed by atoms with Gasteiger partial charge < -0.3 is 10.3 Å². The van der Waals surface area contributed by atoms with E-state index in [4.69, 9.17) is 0 Å². The summed E-state index contributed by atoms with van der Waals surface area (Å²) < 4.78 is 0. The molecule has 2 aliphatic rings. The second-order valence-corrected chi connectivity index (χ2v) is 6.66. The largest absolute Gasteiger partial charge is 0.357 e. The molecule has 1 aliphatic carbocycles. The van der Waals surface area contributed by atoms with Gasteiger partial charge in [0.25, 0.3) is 0 Å². The zero-order valence-electron chi connectivity index (χ0n) is 11.3. The molecule has 1 fully saturated rings. The molecule has 0 radical (unpaired) electrons. The first-order chi connectivity index (χ1) is 9.38. The molecule has 1 saturated heterocycles. The van der Waals surface area contributed by atoms with Crippen molar-refractivity contribution in [1.29, 1.82) is 0 Å². The predicted octanol–water partition coefficient (Wildman–Crippen LogP) is 3.42. The fourth-order valence-electron chi connectivity index (χ4n) is 3.96. The molecule has 0 amide bonds. The van der Waals surface area contributed by atoms with E-state index >= 15 is 0 Å². The van der Waals surface area contributed by atoms with Gasteiger partial charge in [-0.1, -0.05) is 12.1 Å². The van der Waals surface area contributed by atoms with E-state index in [9.17, 15) is 0 Å². The monoisotopic (exact) mass is 272 g/mol. The third-order valence-electron chi connectivity index (χ3n) is 4.74. The molecule has 0 spiro atoms. The molecule has 100 valence electrons. The van der Waals surface area contributed by atoms with E-state index < -0.39 is 0 Å². The molecule has 1 unspecified atom stereocenters. The number of hydrogen-bond donors (Lipinski definition) is 2. The summed E-state index contributed by atoms with van der Waals surface area (Å²) >= 11 is 1.91. The molecular weight excluding hydrogens is 252 g/mol. The SMILES string of the molecule is CSCc1[nH]c2cccc3c2c1C[C@H]1NCCCC31. The lowest BCUT2D eigenvalue weighted by atomic mass is 9.75. The zero-order valence-corrected chi connectivity index (χ0v) is 12.1. The van der Waals surface area contributed by atoms with Gasteiger partial charge in [-0.15, -0.1) is 0 Å². The Morgan fingerprint density at radius 1 is 1.37 bits per heavy atom.